The molecule has 0 saturated carbocycles. The zero-order valence-electron chi connectivity index (χ0n) is 10.3. The van der Waals surface area contributed by atoms with Gasteiger partial charge in [0, 0.05) is 5.22 Å². The predicted octanol–water partition coefficient (Wildman–Crippen LogP) is 1.61. The van der Waals surface area contributed by atoms with E-state index in [4.69, 9.17) is 4.43 Å². The highest BCUT2D eigenvalue weighted by atomic mass is 28.3. The van der Waals surface area contributed by atoms with E-state index in [0.29, 0.717) is 0 Å². The first-order valence-corrected chi connectivity index (χ1v) is 9.97. The molecule has 0 unspecified atom stereocenters. The molecular formula is C12H22OSi2. The highest BCUT2D eigenvalue weighted by Crippen LogP contribution is 2.14. The quantitative estimate of drug-likeness (QED) is 0.708. The van der Waals surface area contributed by atoms with Crippen LogP contribution >= 0.6 is 0 Å². The van der Waals surface area contributed by atoms with Crippen LogP contribution in [-0.4, -0.2) is 23.8 Å². The molecule has 0 N–H and O–H groups in total. The van der Waals surface area contributed by atoms with Crippen molar-refractivity contribution in [1.29, 1.82) is 0 Å². The summed E-state index contributed by atoms with van der Waals surface area (Å²) < 4.78 is 6.19. The van der Waals surface area contributed by atoms with E-state index in [1.807, 2.05) is 0 Å². The topological polar surface area (TPSA) is 9.23 Å². The first-order chi connectivity index (χ1) is 7.06. The van der Waals surface area contributed by atoms with Crippen molar-refractivity contribution >= 4 is 23.7 Å². The van der Waals surface area contributed by atoms with E-state index in [2.05, 4.69) is 57.3 Å². The summed E-state index contributed by atoms with van der Waals surface area (Å²) >= 11 is 0. The molecule has 0 aliphatic carbocycles. The van der Waals surface area contributed by atoms with Crippen LogP contribution in [0, 0.1) is 0 Å². The van der Waals surface area contributed by atoms with Crippen molar-refractivity contribution in [2.24, 2.45) is 0 Å². The van der Waals surface area contributed by atoms with Crippen molar-refractivity contribution in [2.75, 3.05) is 0 Å². The fourth-order valence-corrected chi connectivity index (χ4v) is 6.11. The van der Waals surface area contributed by atoms with E-state index in [9.17, 15) is 0 Å². The van der Waals surface area contributed by atoms with Gasteiger partial charge >= 0.3 is 0 Å². The van der Waals surface area contributed by atoms with Gasteiger partial charge in [-0.3, -0.25) is 0 Å². The van der Waals surface area contributed by atoms with Gasteiger partial charge in [0.2, 0.25) is 0 Å². The number of benzene rings is 1. The summed E-state index contributed by atoms with van der Waals surface area (Å²) in [5, 5.41) is 1.68. The third-order valence-electron chi connectivity index (χ3n) is 2.69. The van der Waals surface area contributed by atoms with E-state index in [1.54, 1.807) is 0 Å². The van der Waals surface area contributed by atoms with Gasteiger partial charge in [0.15, 0.2) is 9.04 Å². The first kappa shape index (κ1) is 12.7. The van der Waals surface area contributed by atoms with Crippen molar-refractivity contribution < 1.29 is 4.43 Å². The Morgan fingerprint density at radius 3 is 2.33 bits per heavy atom. The molecule has 1 aromatic rings. The van der Waals surface area contributed by atoms with Crippen LogP contribution in [0.1, 0.15) is 20.3 Å². The Hall–Kier alpha value is -0.386. The lowest BCUT2D eigenvalue weighted by atomic mass is 10.3. The van der Waals surface area contributed by atoms with E-state index in [-0.39, 0.29) is 14.7 Å². The fraction of sp³-hybridized carbons (Fsp3) is 0.500. The Bertz CT molecular complexity index is 287. The molecule has 1 aromatic carbocycles. The highest BCUT2D eigenvalue weighted by molar-refractivity contribution is 6.58. The summed E-state index contributed by atoms with van der Waals surface area (Å²) in [5.41, 5.74) is 0. The summed E-state index contributed by atoms with van der Waals surface area (Å²) in [7, 11) is -1.24. The minimum absolute atomic E-state index is 0.168. The van der Waals surface area contributed by atoms with Gasteiger partial charge < -0.3 is 4.43 Å². The summed E-state index contributed by atoms with van der Waals surface area (Å²) in [6.45, 7) is 9.05. The van der Waals surface area contributed by atoms with Crippen molar-refractivity contribution in [2.45, 2.75) is 38.6 Å². The smallest absolute Gasteiger partial charge is 0.171 e. The Kier molecular flexibility index (Phi) is 4.76. The molecule has 0 amide bonds. The van der Waals surface area contributed by atoms with Crippen LogP contribution in [0.4, 0.5) is 0 Å². The average Bonchev–Trinajstić information content (AvgIpc) is 2.18. The minimum Gasteiger partial charge on any atom is -0.418 e. The summed E-state index contributed by atoms with van der Waals surface area (Å²) in [6, 6.07) is 10.8. The SMILES string of the molecule is CC[C@@](C)(O[SiH](C)C)[SiH2]c1ccccc1. The average molecular weight is 238 g/mol. The van der Waals surface area contributed by atoms with Crippen molar-refractivity contribution in [3.8, 4) is 0 Å². The molecule has 1 rings (SSSR count). The van der Waals surface area contributed by atoms with E-state index in [1.165, 1.54) is 5.19 Å². The Labute approximate surface area is 97.4 Å². The molecular weight excluding hydrogens is 216 g/mol. The molecule has 0 aromatic heterocycles. The second-order valence-corrected chi connectivity index (χ2v) is 9.63. The molecule has 0 fully saturated rings. The Morgan fingerprint density at radius 2 is 1.87 bits per heavy atom. The maximum absolute atomic E-state index is 6.19. The van der Waals surface area contributed by atoms with Gasteiger partial charge in [0.25, 0.3) is 0 Å². The molecule has 1 atom stereocenters. The fourth-order valence-electron chi connectivity index (χ4n) is 1.85. The second kappa shape index (κ2) is 5.63. The molecule has 0 bridgehead atoms. The lowest BCUT2D eigenvalue weighted by Gasteiger charge is -2.31. The van der Waals surface area contributed by atoms with Crippen molar-refractivity contribution in [3.63, 3.8) is 0 Å². The highest BCUT2D eigenvalue weighted by Gasteiger charge is 2.24. The normalized spacial score (nSPS) is 16.1. The van der Waals surface area contributed by atoms with Crippen LogP contribution in [0.2, 0.25) is 13.1 Å². The zero-order chi connectivity index (χ0) is 11.3. The van der Waals surface area contributed by atoms with Crippen LogP contribution in [0.5, 0.6) is 0 Å². The number of hydrogen-bond donors (Lipinski definition) is 0. The Morgan fingerprint density at radius 1 is 1.27 bits per heavy atom. The molecule has 1 nitrogen and oxygen atoms in total. The van der Waals surface area contributed by atoms with Crippen LogP contribution in [0.3, 0.4) is 0 Å². The van der Waals surface area contributed by atoms with Crippen LogP contribution in [-0.2, 0) is 4.43 Å². The summed E-state index contributed by atoms with van der Waals surface area (Å²) in [6.07, 6.45) is 1.14. The summed E-state index contributed by atoms with van der Waals surface area (Å²) in [4.78, 5) is 0. The number of rotatable bonds is 5. The van der Waals surface area contributed by atoms with Gasteiger partial charge in [-0.05, 0) is 26.4 Å². The number of hydrogen-bond acceptors (Lipinski definition) is 1. The maximum Gasteiger partial charge on any atom is 0.171 e. The third kappa shape index (κ3) is 4.32. The largest absolute Gasteiger partial charge is 0.418 e. The van der Waals surface area contributed by atoms with E-state index >= 15 is 0 Å². The van der Waals surface area contributed by atoms with Crippen LogP contribution < -0.4 is 5.19 Å². The molecule has 15 heavy (non-hydrogen) atoms. The second-order valence-electron chi connectivity index (χ2n) is 4.63. The Balaban J connectivity index is 2.68. The standard InChI is InChI=1S/C12H22OSi2/c1-5-12(2,13-15(3)4)14-11-9-7-6-8-10-11/h6-10,15H,5,14H2,1-4H3/t12-/m0/s1. The minimum atomic E-state index is -0.920. The molecule has 0 radical (unpaired) electrons. The zero-order valence-corrected chi connectivity index (χ0v) is 12.9. The monoisotopic (exact) mass is 238 g/mol. The first-order valence-electron chi connectivity index (χ1n) is 5.77. The molecule has 84 valence electrons. The molecule has 0 saturated heterocycles. The van der Waals surface area contributed by atoms with Crippen molar-refractivity contribution in [1.82, 2.24) is 0 Å². The van der Waals surface area contributed by atoms with Gasteiger partial charge in [0.1, 0.15) is 0 Å². The molecule has 3 heteroatoms. The van der Waals surface area contributed by atoms with E-state index < -0.39 is 9.04 Å². The predicted molar refractivity (Wildman–Crippen MR) is 73.3 cm³/mol. The molecule has 0 aliphatic rings. The summed E-state index contributed by atoms with van der Waals surface area (Å²) in [5.74, 6) is 0. The van der Waals surface area contributed by atoms with Gasteiger partial charge in [-0.25, -0.2) is 0 Å². The molecule has 0 heterocycles. The lowest BCUT2D eigenvalue weighted by Crippen LogP contribution is -2.44. The van der Waals surface area contributed by atoms with Gasteiger partial charge in [0.05, 0.1) is 9.52 Å². The lowest BCUT2D eigenvalue weighted by molar-refractivity contribution is 0.172. The van der Waals surface area contributed by atoms with E-state index in [0.717, 1.165) is 6.42 Å². The van der Waals surface area contributed by atoms with Crippen LogP contribution in [0.25, 0.3) is 0 Å². The molecule has 0 aliphatic heterocycles. The maximum atomic E-state index is 6.19. The van der Waals surface area contributed by atoms with Crippen LogP contribution in [0.15, 0.2) is 30.3 Å². The molecule has 0 spiro atoms. The van der Waals surface area contributed by atoms with Gasteiger partial charge in [-0.1, -0.05) is 42.4 Å². The van der Waals surface area contributed by atoms with Gasteiger partial charge in [-0.15, -0.1) is 0 Å². The third-order valence-corrected chi connectivity index (χ3v) is 6.36. The van der Waals surface area contributed by atoms with Gasteiger partial charge in [-0.2, -0.15) is 0 Å². The van der Waals surface area contributed by atoms with Crippen molar-refractivity contribution in [3.05, 3.63) is 30.3 Å².